The quantitative estimate of drug-likeness (QED) is 0.687. The third-order valence-corrected chi connectivity index (χ3v) is 2.72. The topological polar surface area (TPSA) is 59.9 Å². The first-order chi connectivity index (χ1) is 9.72. The lowest BCUT2D eigenvalue weighted by Gasteiger charge is -2.03. The van der Waals surface area contributed by atoms with Crippen molar-refractivity contribution in [3.05, 3.63) is 42.0 Å². The van der Waals surface area contributed by atoms with E-state index in [-0.39, 0.29) is 0 Å². The number of carbonyl (C=O) groups excluding carboxylic acids is 1. The van der Waals surface area contributed by atoms with Crippen LogP contribution in [0.25, 0.3) is 10.8 Å². The highest BCUT2D eigenvalue weighted by molar-refractivity contribution is 5.91. The number of benzene rings is 2. The van der Waals surface area contributed by atoms with E-state index in [2.05, 4.69) is 10.5 Å². The second kappa shape index (κ2) is 6.56. The zero-order chi connectivity index (χ0) is 14.4. The molecule has 0 aliphatic rings. The van der Waals surface area contributed by atoms with Gasteiger partial charge in [-0.05, 0) is 41.5 Å². The molecule has 0 spiro atoms. The summed E-state index contributed by atoms with van der Waals surface area (Å²) in [5.74, 6) is 0.822. The highest BCUT2D eigenvalue weighted by Crippen LogP contribution is 2.21. The molecule has 2 rings (SSSR count). The van der Waals surface area contributed by atoms with Gasteiger partial charge in [0, 0.05) is 0 Å². The lowest BCUT2D eigenvalue weighted by atomic mass is 10.1. The Morgan fingerprint density at radius 3 is 2.75 bits per heavy atom. The summed E-state index contributed by atoms with van der Waals surface area (Å²) in [6, 6.07) is 11.7. The number of hydrogen-bond donors (Lipinski definition) is 1. The van der Waals surface area contributed by atoms with Crippen molar-refractivity contribution in [2.24, 2.45) is 5.10 Å². The molecule has 1 N–H and O–H groups in total. The molecule has 0 aliphatic carbocycles. The number of fused-ring (bicyclic) bond motifs is 1. The molecule has 0 aromatic heterocycles. The summed E-state index contributed by atoms with van der Waals surface area (Å²) in [4.78, 5) is 11.1. The highest BCUT2D eigenvalue weighted by atomic mass is 16.5. The molecule has 0 bridgehead atoms. The van der Waals surface area contributed by atoms with E-state index >= 15 is 0 Å². The largest absolute Gasteiger partial charge is 0.497 e. The van der Waals surface area contributed by atoms with Gasteiger partial charge in [0.05, 0.1) is 19.9 Å². The molecule has 0 fully saturated rings. The van der Waals surface area contributed by atoms with Crippen LogP contribution in [0.2, 0.25) is 0 Å². The van der Waals surface area contributed by atoms with Crippen molar-refractivity contribution in [2.45, 2.75) is 6.92 Å². The molecular formula is C15H16N2O3. The van der Waals surface area contributed by atoms with E-state index in [1.54, 1.807) is 20.2 Å². The van der Waals surface area contributed by atoms with E-state index in [1.165, 1.54) is 0 Å². The number of amides is 1. The molecule has 1 amide bonds. The van der Waals surface area contributed by atoms with Gasteiger partial charge in [-0.1, -0.05) is 18.2 Å². The second-order valence-corrected chi connectivity index (χ2v) is 4.06. The lowest BCUT2D eigenvalue weighted by Crippen LogP contribution is -2.18. The van der Waals surface area contributed by atoms with Crippen molar-refractivity contribution >= 4 is 23.1 Å². The van der Waals surface area contributed by atoms with Crippen LogP contribution in [0.1, 0.15) is 12.5 Å². The van der Waals surface area contributed by atoms with Crippen LogP contribution in [0, 0.1) is 0 Å². The molecular weight excluding hydrogens is 256 g/mol. The highest BCUT2D eigenvalue weighted by Gasteiger charge is 1.98. The van der Waals surface area contributed by atoms with Crippen LogP contribution in [-0.4, -0.2) is 26.0 Å². The number of nitrogens with zero attached hydrogens (tertiary/aromatic N) is 1. The Morgan fingerprint density at radius 1 is 1.25 bits per heavy atom. The summed E-state index contributed by atoms with van der Waals surface area (Å²) in [6.07, 6.45) is 1.01. The van der Waals surface area contributed by atoms with Crippen molar-refractivity contribution in [1.82, 2.24) is 5.43 Å². The van der Waals surface area contributed by atoms with E-state index in [0.29, 0.717) is 6.61 Å². The number of nitrogens with one attached hydrogen (secondary N) is 1. The zero-order valence-electron chi connectivity index (χ0n) is 11.4. The van der Waals surface area contributed by atoms with Gasteiger partial charge in [-0.15, -0.1) is 0 Å². The summed E-state index contributed by atoms with van der Waals surface area (Å²) in [6.45, 7) is 2.06. The van der Waals surface area contributed by atoms with E-state index in [1.807, 2.05) is 36.4 Å². The monoisotopic (exact) mass is 272 g/mol. The normalized spacial score (nSPS) is 10.7. The molecule has 0 heterocycles. The van der Waals surface area contributed by atoms with Crippen molar-refractivity contribution in [3.8, 4) is 5.75 Å². The Labute approximate surface area is 117 Å². The van der Waals surface area contributed by atoms with Crippen LogP contribution in [0.3, 0.4) is 0 Å². The molecule has 0 aliphatic heterocycles. The number of carbonyl (C=O) groups is 1. The van der Waals surface area contributed by atoms with Crippen molar-refractivity contribution in [2.75, 3.05) is 13.7 Å². The van der Waals surface area contributed by atoms with Gasteiger partial charge in [-0.3, -0.25) is 0 Å². The van der Waals surface area contributed by atoms with Crippen LogP contribution < -0.4 is 10.2 Å². The van der Waals surface area contributed by atoms with E-state index < -0.39 is 6.09 Å². The van der Waals surface area contributed by atoms with Crippen LogP contribution in [0.5, 0.6) is 5.75 Å². The predicted octanol–water partition coefficient (Wildman–Crippen LogP) is 2.93. The molecule has 5 nitrogen and oxygen atoms in total. The van der Waals surface area contributed by atoms with Gasteiger partial charge >= 0.3 is 6.09 Å². The van der Waals surface area contributed by atoms with Gasteiger partial charge in [0.1, 0.15) is 5.75 Å². The van der Waals surface area contributed by atoms with Gasteiger partial charge in [0.2, 0.25) is 0 Å². The Morgan fingerprint density at radius 2 is 2.00 bits per heavy atom. The first kappa shape index (κ1) is 13.9. The molecule has 2 aromatic carbocycles. The van der Waals surface area contributed by atoms with Crippen LogP contribution in [0.4, 0.5) is 4.79 Å². The molecule has 0 radical (unpaired) electrons. The van der Waals surface area contributed by atoms with E-state index in [4.69, 9.17) is 9.47 Å². The Kier molecular flexibility index (Phi) is 4.55. The summed E-state index contributed by atoms with van der Waals surface area (Å²) in [7, 11) is 1.64. The lowest BCUT2D eigenvalue weighted by molar-refractivity contribution is 0.152. The fourth-order valence-corrected chi connectivity index (χ4v) is 1.77. The van der Waals surface area contributed by atoms with Gasteiger partial charge in [0.15, 0.2) is 0 Å². The summed E-state index contributed by atoms with van der Waals surface area (Å²) in [5, 5.41) is 5.98. The standard InChI is InChI=1S/C15H16N2O3/c1-3-20-15(18)17-16-10-11-4-5-13-9-14(19-2)7-6-12(13)8-11/h4-10H,3H2,1-2H3,(H,17,18)/b16-10-. The first-order valence-corrected chi connectivity index (χ1v) is 6.26. The van der Waals surface area contributed by atoms with Crippen LogP contribution >= 0.6 is 0 Å². The van der Waals surface area contributed by atoms with Crippen molar-refractivity contribution in [3.63, 3.8) is 0 Å². The number of ether oxygens (including phenoxy) is 2. The Bertz CT molecular complexity index is 638. The first-order valence-electron chi connectivity index (χ1n) is 6.26. The van der Waals surface area contributed by atoms with E-state index in [0.717, 1.165) is 22.1 Å². The fraction of sp³-hybridized carbons (Fsp3) is 0.200. The maximum absolute atomic E-state index is 11.1. The number of hydrazone groups is 1. The predicted molar refractivity (Wildman–Crippen MR) is 78.3 cm³/mol. The molecule has 104 valence electrons. The number of methoxy groups -OCH3 is 1. The number of rotatable bonds is 4. The molecule has 0 unspecified atom stereocenters. The minimum atomic E-state index is -0.561. The SMILES string of the molecule is CCOC(=O)N/N=C\c1ccc2cc(OC)ccc2c1. The Balaban J connectivity index is 2.12. The average molecular weight is 272 g/mol. The molecule has 0 saturated heterocycles. The summed E-state index contributed by atoms with van der Waals surface area (Å²) < 4.78 is 9.88. The molecule has 20 heavy (non-hydrogen) atoms. The van der Waals surface area contributed by atoms with Crippen LogP contribution in [0.15, 0.2) is 41.5 Å². The summed E-state index contributed by atoms with van der Waals surface area (Å²) in [5.41, 5.74) is 3.18. The van der Waals surface area contributed by atoms with Gasteiger partial charge in [-0.2, -0.15) is 5.10 Å². The molecule has 0 saturated carbocycles. The fourth-order valence-electron chi connectivity index (χ4n) is 1.77. The Hall–Kier alpha value is -2.56. The number of hydrogen-bond acceptors (Lipinski definition) is 4. The third-order valence-electron chi connectivity index (χ3n) is 2.72. The second-order valence-electron chi connectivity index (χ2n) is 4.06. The van der Waals surface area contributed by atoms with Gasteiger partial charge in [-0.25, -0.2) is 10.2 Å². The van der Waals surface area contributed by atoms with Gasteiger partial charge < -0.3 is 9.47 Å². The molecule has 0 atom stereocenters. The maximum Gasteiger partial charge on any atom is 0.427 e. The van der Waals surface area contributed by atoms with E-state index in [9.17, 15) is 4.79 Å². The smallest absolute Gasteiger partial charge is 0.427 e. The minimum absolute atomic E-state index is 0.319. The van der Waals surface area contributed by atoms with Crippen molar-refractivity contribution < 1.29 is 14.3 Å². The average Bonchev–Trinajstić information content (AvgIpc) is 2.47. The molecule has 2 aromatic rings. The maximum atomic E-state index is 11.1. The molecule has 5 heteroatoms. The third kappa shape index (κ3) is 3.47. The van der Waals surface area contributed by atoms with Gasteiger partial charge in [0.25, 0.3) is 0 Å². The summed E-state index contributed by atoms with van der Waals surface area (Å²) >= 11 is 0. The van der Waals surface area contributed by atoms with Crippen LogP contribution in [-0.2, 0) is 4.74 Å². The minimum Gasteiger partial charge on any atom is -0.497 e. The van der Waals surface area contributed by atoms with Crippen molar-refractivity contribution in [1.29, 1.82) is 0 Å². The zero-order valence-corrected chi connectivity index (χ0v) is 11.4.